The Morgan fingerprint density at radius 1 is 0.183 bits per heavy atom. The molecule has 0 bridgehead atoms. The average molecular weight is 1190 g/mol. The van der Waals surface area contributed by atoms with Crippen LogP contribution in [0.25, 0.3) is 87.6 Å². The maximum atomic E-state index is 2.32. The monoisotopic (exact) mass is 1190 g/mol. The number of hydrogen-bond donors (Lipinski definition) is 0. The molecular formula is C89H68N4. The minimum Gasteiger partial charge on any atom is -0.345 e. The van der Waals surface area contributed by atoms with Crippen molar-refractivity contribution in [1.29, 1.82) is 0 Å². The molecule has 0 unspecified atom stereocenters. The molecule has 16 aromatic rings. The molecule has 16 aromatic carbocycles. The van der Waals surface area contributed by atoms with Gasteiger partial charge < -0.3 is 19.6 Å². The lowest BCUT2D eigenvalue weighted by Gasteiger charge is -2.26. The van der Waals surface area contributed by atoms with Crippen LogP contribution in [0.15, 0.2) is 358 Å². The van der Waals surface area contributed by atoms with Crippen LogP contribution in [-0.2, 0) is 0 Å². The van der Waals surface area contributed by atoms with Crippen molar-refractivity contribution in [3.63, 3.8) is 0 Å². The third-order valence-electron chi connectivity index (χ3n) is 18.2. The van der Waals surface area contributed by atoms with E-state index in [1.165, 1.54) is 110 Å². The standard InChI is InChI=1S/C51H36N2.C38H32N2/c1-52(49-34-33-47-45-18-9-14-39-13-8-17-44(50(39)45)46-19-10-20-48(49)51(46)47)40-27-21-37(22-28-40)38-25-31-43(32-26-38)53(41-15-6-3-7-16-41)42-29-23-36(24-30-42)35-11-4-2-5-12-35;1-29-13-21-34(22-14-29)39(2)35-23-15-32(16-24-35)33-19-27-38(28-20-33)40(36-11-7-4-8-12-36)37-25-17-31(18-26-37)30-9-5-3-6-10-30/h2-34H,1H3;3-28H,1-2H3. The summed E-state index contributed by atoms with van der Waals surface area (Å²) in [5.74, 6) is 0. The first-order chi connectivity index (χ1) is 45.9. The first-order valence-electron chi connectivity index (χ1n) is 31.9. The van der Waals surface area contributed by atoms with Gasteiger partial charge in [0.15, 0.2) is 0 Å². The lowest BCUT2D eigenvalue weighted by Crippen LogP contribution is -2.10. The van der Waals surface area contributed by atoms with Gasteiger partial charge in [-0.15, -0.1) is 0 Å². The summed E-state index contributed by atoms with van der Waals surface area (Å²) in [4.78, 5) is 9.15. The molecule has 4 nitrogen and oxygen atoms in total. The smallest absolute Gasteiger partial charge is 0.0488 e. The highest BCUT2D eigenvalue weighted by atomic mass is 15.1. The molecule has 0 radical (unpaired) electrons. The number of fused-ring (bicyclic) bond motifs is 2. The van der Waals surface area contributed by atoms with Crippen molar-refractivity contribution < 1.29 is 0 Å². The number of hydrogen-bond acceptors (Lipinski definition) is 4. The lowest BCUT2D eigenvalue weighted by molar-refractivity contribution is 1.20. The predicted molar refractivity (Wildman–Crippen MR) is 399 cm³/mol. The molecule has 0 aliphatic rings. The fraction of sp³-hybridized carbons (Fsp3) is 0.0337. The molecule has 0 aliphatic heterocycles. The van der Waals surface area contributed by atoms with Crippen LogP contribution in [0.1, 0.15) is 5.56 Å². The van der Waals surface area contributed by atoms with Gasteiger partial charge in [0, 0.05) is 76.4 Å². The zero-order chi connectivity index (χ0) is 62.6. The maximum Gasteiger partial charge on any atom is 0.0488 e. The molecule has 0 heterocycles. The highest BCUT2D eigenvalue weighted by Gasteiger charge is 2.19. The number of nitrogens with zero attached hydrogens (tertiary/aromatic N) is 4. The molecule has 16 rings (SSSR count). The summed E-state index contributed by atoms with van der Waals surface area (Å²) in [6.45, 7) is 2.12. The third-order valence-corrected chi connectivity index (χ3v) is 18.2. The first kappa shape index (κ1) is 57.5. The Bertz CT molecular complexity index is 5110. The normalized spacial score (nSPS) is 11.2. The van der Waals surface area contributed by atoms with Gasteiger partial charge in [0.25, 0.3) is 0 Å². The minimum atomic E-state index is 1.12. The van der Waals surface area contributed by atoms with Gasteiger partial charge >= 0.3 is 0 Å². The van der Waals surface area contributed by atoms with Crippen LogP contribution in [0, 0.1) is 6.92 Å². The summed E-state index contributed by atoms with van der Waals surface area (Å²) >= 11 is 0. The van der Waals surface area contributed by atoms with Crippen LogP contribution < -0.4 is 19.6 Å². The second-order valence-electron chi connectivity index (χ2n) is 23.9. The molecule has 0 aromatic heterocycles. The van der Waals surface area contributed by atoms with Gasteiger partial charge in [-0.3, -0.25) is 0 Å². The van der Waals surface area contributed by atoms with Crippen molar-refractivity contribution in [3.05, 3.63) is 363 Å². The number of benzene rings is 16. The summed E-state index contributed by atoms with van der Waals surface area (Å²) in [7, 11) is 4.29. The first-order valence-corrected chi connectivity index (χ1v) is 31.9. The molecule has 0 N–H and O–H groups in total. The maximum absolute atomic E-state index is 2.32. The van der Waals surface area contributed by atoms with Crippen molar-refractivity contribution in [2.24, 2.45) is 0 Å². The lowest BCUT2D eigenvalue weighted by atomic mass is 9.89. The average Bonchev–Trinajstić information content (AvgIpc) is 0.725. The third kappa shape index (κ3) is 11.6. The fourth-order valence-corrected chi connectivity index (χ4v) is 13.3. The predicted octanol–water partition coefficient (Wildman–Crippen LogP) is 24.9. The zero-order valence-corrected chi connectivity index (χ0v) is 52.4. The van der Waals surface area contributed by atoms with Gasteiger partial charge in [0.2, 0.25) is 0 Å². The van der Waals surface area contributed by atoms with Gasteiger partial charge in [-0.2, -0.15) is 0 Å². The Morgan fingerprint density at radius 2 is 0.452 bits per heavy atom. The van der Waals surface area contributed by atoms with Gasteiger partial charge in [-0.1, -0.05) is 248 Å². The Kier molecular flexibility index (Phi) is 15.7. The molecule has 0 saturated heterocycles. The van der Waals surface area contributed by atoms with Crippen LogP contribution >= 0.6 is 0 Å². The van der Waals surface area contributed by atoms with E-state index in [1.54, 1.807) is 0 Å². The molecule has 0 amide bonds. The Balaban J connectivity index is 0.000000160. The summed E-state index contributed by atoms with van der Waals surface area (Å²) in [6.07, 6.45) is 0. The van der Waals surface area contributed by atoms with Crippen molar-refractivity contribution >= 4 is 100.0 Å². The highest BCUT2D eigenvalue weighted by molar-refractivity contribution is 6.34. The van der Waals surface area contributed by atoms with Crippen LogP contribution in [0.2, 0.25) is 0 Å². The van der Waals surface area contributed by atoms with Gasteiger partial charge in [0.05, 0.1) is 0 Å². The van der Waals surface area contributed by atoms with Gasteiger partial charge in [0.1, 0.15) is 0 Å². The van der Waals surface area contributed by atoms with E-state index < -0.39 is 0 Å². The molecule has 0 saturated carbocycles. The SMILES string of the molecule is CN(c1ccc(-c2ccc(N(c3ccccc3)c3ccc(-c4ccccc4)cc3)cc2)cc1)c1ccc2c3cccc4cccc(c5cccc1c52)c43.Cc1ccc(N(C)c2ccc(-c3ccc(N(c4ccccc4)c4ccc(-c5ccccc5)cc4)cc3)cc2)cc1. The van der Waals surface area contributed by atoms with E-state index in [0.717, 1.165) is 39.8 Å². The molecule has 4 heteroatoms. The molecular weight excluding hydrogens is 1130 g/mol. The van der Waals surface area contributed by atoms with Crippen molar-refractivity contribution in [2.45, 2.75) is 6.92 Å². The fourth-order valence-electron chi connectivity index (χ4n) is 13.3. The number of anilines is 10. The molecule has 0 spiro atoms. The number of aryl methyl sites for hydroxylation is 1. The largest absolute Gasteiger partial charge is 0.345 e. The van der Waals surface area contributed by atoms with E-state index in [0.29, 0.717) is 0 Å². The summed E-state index contributed by atoms with van der Waals surface area (Å²) in [5, 5.41) is 10.5. The number of rotatable bonds is 14. The molecule has 0 atom stereocenters. The van der Waals surface area contributed by atoms with Crippen molar-refractivity contribution in [3.8, 4) is 44.5 Å². The molecule has 93 heavy (non-hydrogen) atoms. The quantitative estimate of drug-likeness (QED) is 0.0795. The van der Waals surface area contributed by atoms with Crippen molar-refractivity contribution in [1.82, 2.24) is 0 Å². The Morgan fingerprint density at radius 3 is 0.828 bits per heavy atom. The summed E-state index contributed by atoms with van der Waals surface area (Å²) in [5.41, 5.74) is 22.3. The Labute approximate surface area is 545 Å². The van der Waals surface area contributed by atoms with Gasteiger partial charge in [-0.05, 0) is 204 Å². The van der Waals surface area contributed by atoms with E-state index in [9.17, 15) is 0 Å². The van der Waals surface area contributed by atoms with Crippen LogP contribution in [0.4, 0.5) is 56.9 Å². The second kappa shape index (κ2) is 25.5. The van der Waals surface area contributed by atoms with E-state index in [2.05, 4.69) is 399 Å². The zero-order valence-electron chi connectivity index (χ0n) is 52.4. The topological polar surface area (TPSA) is 13.0 Å². The highest BCUT2D eigenvalue weighted by Crippen LogP contribution is 2.45. The molecule has 0 aliphatic carbocycles. The number of para-hydroxylation sites is 2. The van der Waals surface area contributed by atoms with Crippen LogP contribution in [0.3, 0.4) is 0 Å². The van der Waals surface area contributed by atoms with Crippen LogP contribution in [-0.4, -0.2) is 14.1 Å². The summed E-state index contributed by atoms with van der Waals surface area (Å²) < 4.78 is 0. The van der Waals surface area contributed by atoms with Crippen molar-refractivity contribution in [2.75, 3.05) is 33.7 Å². The summed E-state index contributed by atoms with van der Waals surface area (Å²) in [6, 6.07) is 129. The van der Waals surface area contributed by atoms with E-state index in [4.69, 9.17) is 0 Å². The minimum absolute atomic E-state index is 1.12. The second-order valence-corrected chi connectivity index (χ2v) is 23.9. The van der Waals surface area contributed by atoms with E-state index in [-0.39, 0.29) is 0 Å². The Hall–Kier alpha value is -12.0. The molecule has 0 fully saturated rings. The molecule has 444 valence electrons. The van der Waals surface area contributed by atoms with Crippen LogP contribution in [0.5, 0.6) is 0 Å². The van der Waals surface area contributed by atoms with E-state index in [1.807, 2.05) is 0 Å². The van der Waals surface area contributed by atoms with E-state index >= 15 is 0 Å². The van der Waals surface area contributed by atoms with Gasteiger partial charge in [-0.25, -0.2) is 0 Å².